The van der Waals surface area contributed by atoms with Gasteiger partial charge in [0.05, 0.1) is 6.42 Å². The molecule has 2 aromatic carbocycles. The number of hydrogen-bond acceptors (Lipinski definition) is 1. The molecule has 98 valence electrons. The van der Waals surface area contributed by atoms with Crippen molar-refractivity contribution >= 4 is 17.6 Å². The first-order valence-electron chi connectivity index (χ1n) is 5.74. The zero-order valence-corrected chi connectivity index (χ0v) is 11.0. The molecule has 0 spiro atoms. The molecule has 0 saturated carbocycles. The largest absolute Gasteiger partial charge is 0.481 e. The van der Waals surface area contributed by atoms with Crippen LogP contribution < -0.4 is 0 Å². The van der Waals surface area contributed by atoms with Crippen molar-refractivity contribution in [3.8, 4) is 11.1 Å². The van der Waals surface area contributed by atoms with E-state index >= 15 is 0 Å². The van der Waals surface area contributed by atoms with Crippen molar-refractivity contribution < 1.29 is 14.3 Å². The standard InChI is InChI=1S/C15H12ClFO2/c1-9-3-2-4-12(15(9)17)10-5-6-11(8-14(18)19)13(16)7-10/h2-7H,8H2,1H3,(H,18,19). The second kappa shape index (κ2) is 5.41. The summed E-state index contributed by atoms with van der Waals surface area (Å²) >= 11 is 6.03. The highest BCUT2D eigenvalue weighted by molar-refractivity contribution is 6.31. The van der Waals surface area contributed by atoms with Crippen molar-refractivity contribution in [3.63, 3.8) is 0 Å². The van der Waals surface area contributed by atoms with E-state index < -0.39 is 5.97 Å². The molecule has 0 radical (unpaired) electrons. The molecular weight excluding hydrogens is 267 g/mol. The highest BCUT2D eigenvalue weighted by Gasteiger charge is 2.10. The van der Waals surface area contributed by atoms with Crippen molar-refractivity contribution in [1.82, 2.24) is 0 Å². The maximum atomic E-state index is 14.0. The summed E-state index contributed by atoms with van der Waals surface area (Å²) in [6.07, 6.45) is -0.143. The van der Waals surface area contributed by atoms with Crippen LogP contribution in [-0.2, 0) is 11.2 Å². The van der Waals surface area contributed by atoms with Crippen LogP contribution in [0.25, 0.3) is 11.1 Å². The van der Waals surface area contributed by atoms with Crippen LogP contribution in [0.15, 0.2) is 36.4 Å². The summed E-state index contributed by atoms with van der Waals surface area (Å²) < 4.78 is 14.0. The predicted octanol–water partition coefficient (Wildman–Crippen LogP) is 4.08. The summed E-state index contributed by atoms with van der Waals surface area (Å²) in [5.74, 6) is -1.24. The van der Waals surface area contributed by atoms with E-state index in [4.69, 9.17) is 16.7 Å². The van der Waals surface area contributed by atoms with Gasteiger partial charge in [-0.3, -0.25) is 4.79 Å². The van der Waals surface area contributed by atoms with Crippen LogP contribution in [0.5, 0.6) is 0 Å². The second-order valence-corrected chi connectivity index (χ2v) is 4.72. The summed E-state index contributed by atoms with van der Waals surface area (Å²) in [6.45, 7) is 1.69. The van der Waals surface area contributed by atoms with Crippen LogP contribution in [0.4, 0.5) is 4.39 Å². The molecule has 0 amide bonds. The average molecular weight is 279 g/mol. The lowest BCUT2D eigenvalue weighted by molar-refractivity contribution is -0.136. The lowest BCUT2D eigenvalue weighted by atomic mass is 10.0. The van der Waals surface area contributed by atoms with Crippen LogP contribution >= 0.6 is 11.6 Å². The molecule has 0 aromatic heterocycles. The predicted molar refractivity (Wildman–Crippen MR) is 72.9 cm³/mol. The first kappa shape index (κ1) is 13.6. The van der Waals surface area contributed by atoms with Gasteiger partial charge in [0.2, 0.25) is 0 Å². The fourth-order valence-electron chi connectivity index (χ4n) is 1.89. The molecule has 0 unspecified atom stereocenters. The smallest absolute Gasteiger partial charge is 0.307 e. The SMILES string of the molecule is Cc1cccc(-c2ccc(CC(=O)O)c(Cl)c2)c1F. The molecule has 0 bridgehead atoms. The molecular formula is C15H12ClFO2. The van der Waals surface area contributed by atoms with E-state index in [-0.39, 0.29) is 12.2 Å². The number of rotatable bonds is 3. The number of carboxylic acids is 1. The molecule has 2 rings (SSSR count). The fourth-order valence-corrected chi connectivity index (χ4v) is 2.14. The summed E-state index contributed by atoms with van der Waals surface area (Å²) in [4.78, 5) is 10.7. The van der Waals surface area contributed by atoms with E-state index in [2.05, 4.69) is 0 Å². The minimum atomic E-state index is -0.948. The molecule has 0 atom stereocenters. The van der Waals surface area contributed by atoms with Gasteiger partial charge in [0.15, 0.2) is 0 Å². The summed E-state index contributed by atoms with van der Waals surface area (Å²) in [5.41, 5.74) is 2.18. The topological polar surface area (TPSA) is 37.3 Å². The molecule has 0 aliphatic heterocycles. The minimum Gasteiger partial charge on any atom is -0.481 e. The van der Waals surface area contributed by atoms with E-state index in [9.17, 15) is 9.18 Å². The molecule has 19 heavy (non-hydrogen) atoms. The highest BCUT2D eigenvalue weighted by atomic mass is 35.5. The lowest BCUT2D eigenvalue weighted by Gasteiger charge is -2.08. The van der Waals surface area contributed by atoms with E-state index in [1.54, 1.807) is 43.3 Å². The van der Waals surface area contributed by atoms with Gasteiger partial charge in [-0.1, -0.05) is 41.9 Å². The monoisotopic (exact) mass is 278 g/mol. The van der Waals surface area contributed by atoms with Gasteiger partial charge in [0.25, 0.3) is 0 Å². The first-order chi connectivity index (χ1) is 8.99. The minimum absolute atomic E-state index is 0.143. The van der Waals surface area contributed by atoms with Gasteiger partial charge < -0.3 is 5.11 Å². The number of hydrogen-bond donors (Lipinski definition) is 1. The zero-order chi connectivity index (χ0) is 14.0. The quantitative estimate of drug-likeness (QED) is 0.918. The third-order valence-electron chi connectivity index (χ3n) is 2.90. The van der Waals surface area contributed by atoms with Crippen LogP contribution in [0.1, 0.15) is 11.1 Å². The second-order valence-electron chi connectivity index (χ2n) is 4.31. The maximum absolute atomic E-state index is 14.0. The van der Waals surface area contributed by atoms with Gasteiger partial charge in [0.1, 0.15) is 5.82 Å². The van der Waals surface area contributed by atoms with Gasteiger partial charge in [-0.15, -0.1) is 0 Å². The molecule has 1 N–H and O–H groups in total. The Morgan fingerprint density at radius 3 is 2.68 bits per heavy atom. The summed E-state index contributed by atoms with van der Waals surface area (Å²) in [6, 6.07) is 10.0. The van der Waals surface area contributed by atoms with E-state index in [1.165, 1.54) is 0 Å². The molecule has 0 saturated heterocycles. The van der Waals surface area contributed by atoms with E-state index in [1.807, 2.05) is 0 Å². The number of benzene rings is 2. The Kier molecular flexibility index (Phi) is 3.86. The van der Waals surface area contributed by atoms with Crippen molar-refractivity contribution in [1.29, 1.82) is 0 Å². The van der Waals surface area contributed by atoms with Crippen molar-refractivity contribution in [3.05, 3.63) is 58.4 Å². The average Bonchev–Trinajstić information content (AvgIpc) is 2.35. The van der Waals surface area contributed by atoms with Crippen molar-refractivity contribution in [2.75, 3.05) is 0 Å². The summed E-state index contributed by atoms with van der Waals surface area (Å²) in [5, 5.41) is 9.07. The third-order valence-corrected chi connectivity index (χ3v) is 3.25. The number of halogens is 2. The molecule has 0 aliphatic carbocycles. The fraction of sp³-hybridized carbons (Fsp3) is 0.133. The van der Waals surface area contributed by atoms with Gasteiger partial charge in [0, 0.05) is 10.6 Å². The number of carbonyl (C=O) groups is 1. The highest BCUT2D eigenvalue weighted by Crippen LogP contribution is 2.29. The van der Waals surface area contributed by atoms with E-state index in [0.717, 1.165) is 0 Å². The molecule has 0 heterocycles. The Hall–Kier alpha value is -1.87. The molecule has 0 aliphatic rings. The Balaban J connectivity index is 2.44. The lowest BCUT2D eigenvalue weighted by Crippen LogP contribution is -2.00. The van der Waals surface area contributed by atoms with E-state index in [0.29, 0.717) is 27.3 Å². The molecule has 4 heteroatoms. The third kappa shape index (κ3) is 2.93. The van der Waals surface area contributed by atoms with Crippen molar-refractivity contribution in [2.24, 2.45) is 0 Å². The zero-order valence-electron chi connectivity index (χ0n) is 10.3. The number of aryl methyl sites for hydroxylation is 1. The van der Waals surface area contributed by atoms with Crippen LogP contribution in [-0.4, -0.2) is 11.1 Å². The van der Waals surface area contributed by atoms with Crippen LogP contribution in [0, 0.1) is 12.7 Å². The Morgan fingerprint density at radius 1 is 1.32 bits per heavy atom. The van der Waals surface area contributed by atoms with Gasteiger partial charge in [-0.05, 0) is 29.7 Å². The van der Waals surface area contributed by atoms with Gasteiger partial charge in [-0.25, -0.2) is 4.39 Å². The molecule has 2 nitrogen and oxygen atoms in total. The van der Waals surface area contributed by atoms with Crippen LogP contribution in [0.3, 0.4) is 0 Å². The number of carboxylic acid groups (broad SMARTS) is 1. The Bertz CT molecular complexity index is 638. The Labute approximate surface area is 115 Å². The Morgan fingerprint density at radius 2 is 2.05 bits per heavy atom. The number of aliphatic carboxylic acids is 1. The molecule has 2 aromatic rings. The summed E-state index contributed by atoms with van der Waals surface area (Å²) in [7, 11) is 0. The van der Waals surface area contributed by atoms with Gasteiger partial charge in [-0.2, -0.15) is 0 Å². The normalized spacial score (nSPS) is 10.5. The first-order valence-corrected chi connectivity index (χ1v) is 6.12. The molecule has 0 fully saturated rings. The van der Waals surface area contributed by atoms with Crippen molar-refractivity contribution in [2.45, 2.75) is 13.3 Å². The van der Waals surface area contributed by atoms with Crippen LogP contribution in [0.2, 0.25) is 5.02 Å². The maximum Gasteiger partial charge on any atom is 0.307 e. The van der Waals surface area contributed by atoms with Gasteiger partial charge >= 0.3 is 5.97 Å².